The van der Waals surface area contributed by atoms with Gasteiger partial charge >= 0.3 is 0 Å². The summed E-state index contributed by atoms with van der Waals surface area (Å²) in [5, 5.41) is 0. The standard InChI is InChI=1S/C10H11F2NO2S/c11-8-3-5-9(6-4-8)16(14,15)13-7-1-2-10(13)12/h3-6,10H,1-2,7H2. The van der Waals surface area contributed by atoms with Crippen LogP contribution in [0.5, 0.6) is 0 Å². The number of hydrogen-bond acceptors (Lipinski definition) is 2. The molecule has 1 heterocycles. The van der Waals surface area contributed by atoms with E-state index in [1.807, 2.05) is 0 Å². The van der Waals surface area contributed by atoms with Gasteiger partial charge in [-0.2, -0.15) is 4.31 Å². The van der Waals surface area contributed by atoms with Gasteiger partial charge in [0, 0.05) is 6.54 Å². The average Bonchev–Trinajstić information content (AvgIpc) is 2.66. The SMILES string of the molecule is O=S(=O)(c1ccc(F)cc1)N1CCCC1F. The molecule has 88 valence electrons. The van der Waals surface area contributed by atoms with Crippen LogP contribution < -0.4 is 0 Å². The van der Waals surface area contributed by atoms with Gasteiger partial charge in [0.05, 0.1) is 4.90 Å². The quantitative estimate of drug-likeness (QED) is 0.749. The zero-order chi connectivity index (χ0) is 11.8. The Morgan fingerprint density at radius 3 is 2.38 bits per heavy atom. The van der Waals surface area contributed by atoms with Crippen molar-refractivity contribution in [3.8, 4) is 0 Å². The molecular weight excluding hydrogens is 236 g/mol. The molecule has 6 heteroatoms. The number of sulfonamides is 1. The molecule has 3 nitrogen and oxygen atoms in total. The zero-order valence-corrected chi connectivity index (χ0v) is 9.25. The Balaban J connectivity index is 2.35. The van der Waals surface area contributed by atoms with E-state index in [9.17, 15) is 17.2 Å². The summed E-state index contributed by atoms with van der Waals surface area (Å²) in [6.45, 7) is 0.181. The summed E-state index contributed by atoms with van der Waals surface area (Å²) in [5.74, 6) is -0.517. The summed E-state index contributed by atoms with van der Waals surface area (Å²) in [6, 6.07) is 4.40. The molecule has 1 atom stereocenters. The van der Waals surface area contributed by atoms with Crippen LogP contribution in [0.4, 0.5) is 8.78 Å². The topological polar surface area (TPSA) is 37.4 Å². The Bertz CT molecular complexity index is 472. The molecule has 0 radical (unpaired) electrons. The Morgan fingerprint density at radius 2 is 1.88 bits per heavy atom. The first-order valence-corrected chi connectivity index (χ1v) is 6.37. The molecule has 0 bridgehead atoms. The lowest BCUT2D eigenvalue weighted by molar-refractivity contribution is 0.211. The highest BCUT2D eigenvalue weighted by Gasteiger charge is 2.35. The number of hydrogen-bond donors (Lipinski definition) is 0. The van der Waals surface area contributed by atoms with E-state index in [0.717, 1.165) is 28.6 Å². The fraction of sp³-hybridized carbons (Fsp3) is 0.400. The zero-order valence-electron chi connectivity index (χ0n) is 8.44. The van der Waals surface area contributed by atoms with E-state index >= 15 is 0 Å². The fourth-order valence-electron chi connectivity index (χ4n) is 1.71. The lowest BCUT2D eigenvalue weighted by Crippen LogP contribution is -2.32. The van der Waals surface area contributed by atoms with Crippen molar-refractivity contribution in [3.63, 3.8) is 0 Å². The minimum absolute atomic E-state index is 0.0709. The normalized spacial score (nSPS) is 22.5. The Kier molecular flexibility index (Phi) is 2.94. The maximum Gasteiger partial charge on any atom is 0.245 e. The minimum atomic E-state index is -3.81. The van der Waals surface area contributed by atoms with Crippen LogP contribution in [0, 0.1) is 5.82 Å². The summed E-state index contributed by atoms with van der Waals surface area (Å²) in [6.07, 6.45) is -0.725. The van der Waals surface area contributed by atoms with Crippen molar-refractivity contribution in [2.75, 3.05) is 6.54 Å². The van der Waals surface area contributed by atoms with Crippen molar-refractivity contribution in [3.05, 3.63) is 30.1 Å². The van der Waals surface area contributed by atoms with Gasteiger partial charge in [0.2, 0.25) is 10.0 Å². The number of benzene rings is 1. The molecule has 0 aliphatic carbocycles. The molecule has 0 saturated carbocycles. The van der Waals surface area contributed by atoms with Crippen molar-refractivity contribution in [2.24, 2.45) is 0 Å². The smallest absolute Gasteiger partial charge is 0.229 e. The van der Waals surface area contributed by atoms with Crippen LogP contribution in [-0.4, -0.2) is 25.6 Å². The molecule has 0 aromatic heterocycles. The molecule has 1 aliphatic heterocycles. The largest absolute Gasteiger partial charge is 0.245 e. The molecule has 1 aliphatic rings. The van der Waals surface area contributed by atoms with Gasteiger partial charge in [-0.15, -0.1) is 0 Å². The second-order valence-electron chi connectivity index (χ2n) is 3.65. The average molecular weight is 247 g/mol. The van der Waals surface area contributed by atoms with Crippen LogP contribution in [0.2, 0.25) is 0 Å². The lowest BCUT2D eigenvalue weighted by Gasteiger charge is -2.18. The number of rotatable bonds is 2. The van der Waals surface area contributed by atoms with Crippen LogP contribution in [0.1, 0.15) is 12.8 Å². The van der Waals surface area contributed by atoms with E-state index in [-0.39, 0.29) is 17.9 Å². The van der Waals surface area contributed by atoms with Gasteiger partial charge in [0.1, 0.15) is 5.82 Å². The third-order valence-corrected chi connectivity index (χ3v) is 4.45. The molecule has 0 spiro atoms. The van der Waals surface area contributed by atoms with E-state index < -0.39 is 22.1 Å². The van der Waals surface area contributed by atoms with Crippen LogP contribution in [0.15, 0.2) is 29.2 Å². The molecular formula is C10H11F2NO2S. The molecule has 1 aromatic rings. The predicted octanol–water partition coefficient (Wildman–Crippen LogP) is 1.91. The summed E-state index contributed by atoms with van der Waals surface area (Å²) >= 11 is 0. The van der Waals surface area contributed by atoms with Crippen molar-refractivity contribution in [2.45, 2.75) is 24.0 Å². The Morgan fingerprint density at radius 1 is 1.25 bits per heavy atom. The number of nitrogens with zero attached hydrogens (tertiary/aromatic N) is 1. The van der Waals surface area contributed by atoms with Gasteiger partial charge in [-0.05, 0) is 37.1 Å². The van der Waals surface area contributed by atoms with Crippen LogP contribution in [0.25, 0.3) is 0 Å². The summed E-state index contributed by atoms with van der Waals surface area (Å²) in [5.41, 5.74) is 0. The summed E-state index contributed by atoms with van der Waals surface area (Å²) < 4.78 is 50.6. The van der Waals surface area contributed by atoms with Crippen molar-refractivity contribution >= 4 is 10.0 Å². The fourth-order valence-corrected chi connectivity index (χ4v) is 3.24. The molecule has 1 aromatic carbocycles. The maximum atomic E-state index is 13.3. The summed E-state index contributed by atoms with van der Waals surface area (Å²) in [4.78, 5) is -0.0709. The third kappa shape index (κ3) is 1.94. The Hall–Kier alpha value is -1.01. The second kappa shape index (κ2) is 4.10. The van der Waals surface area contributed by atoms with Gasteiger partial charge in [-0.3, -0.25) is 0 Å². The van der Waals surface area contributed by atoms with Crippen molar-refractivity contribution in [1.29, 1.82) is 0 Å². The molecule has 2 rings (SSSR count). The molecule has 0 N–H and O–H groups in total. The first-order chi connectivity index (χ1) is 7.51. The first-order valence-electron chi connectivity index (χ1n) is 4.93. The van der Waals surface area contributed by atoms with Crippen LogP contribution in [-0.2, 0) is 10.0 Å². The minimum Gasteiger partial charge on any atom is -0.229 e. The van der Waals surface area contributed by atoms with E-state index in [1.54, 1.807) is 0 Å². The van der Waals surface area contributed by atoms with Crippen LogP contribution >= 0.6 is 0 Å². The van der Waals surface area contributed by atoms with Crippen molar-refractivity contribution in [1.82, 2.24) is 4.31 Å². The van der Waals surface area contributed by atoms with Gasteiger partial charge in [-0.25, -0.2) is 17.2 Å². The van der Waals surface area contributed by atoms with Gasteiger partial charge in [-0.1, -0.05) is 0 Å². The van der Waals surface area contributed by atoms with Gasteiger partial charge in [0.25, 0.3) is 0 Å². The highest BCUT2D eigenvalue weighted by Crippen LogP contribution is 2.26. The Labute approximate surface area is 92.7 Å². The van der Waals surface area contributed by atoms with E-state index in [0.29, 0.717) is 6.42 Å². The highest BCUT2D eigenvalue weighted by atomic mass is 32.2. The molecule has 1 fully saturated rings. The van der Waals surface area contributed by atoms with Gasteiger partial charge in [0.15, 0.2) is 6.30 Å². The molecule has 1 unspecified atom stereocenters. The second-order valence-corrected chi connectivity index (χ2v) is 5.54. The molecule has 16 heavy (non-hydrogen) atoms. The first kappa shape index (κ1) is 11.5. The third-order valence-electron chi connectivity index (χ3n) is 2.55. The lowest BCUT2D eigenvalue weighted by atomic mass is 10.4. The van der Waals surface area contributed by atoms with Crippen LogP contribution in [0.3, 0.4) is 0 Å². The number of alkyl halides is 1. The van der Waals surface area contributed by atoms with E-state index in [2.05, 4.69) is 0 Å². The maximum absolute atomic E-state index is 13.3. The van der Waals surface area contributed by atoms with Gasteiger partial charge < -0.3 is 0 Å². The summed E-state index contributed by atoms with van der Waals surface area (Å²) in [7, 11) is -3.81. The predicted molar refractivity (Wildman–Crippen MR) is 54.4 cm³/mol. The highest BCUT2D eigenvalue weighted by molar-refractivity contribution is 7.89. The van der Waals surface area contributed by atoms with Crippen molar-refractivity contribution < 1.29 is 17.2 Å². The van der Waals surface area contributed by atoms with E-state index in [1.165, 1.54) is 0 Å². The molecule has 1 saturated heterocycles. The monoisotopic (exact) mass is 247 g/mol. The number of halogens is 2. The van der Waals surface area contributed by atoms with E-state index in [4.69, 9.17) is 0 Å². The molecule has 0 amide bonds.